The maximum Gasteiger partial charge on any atom is 0.268 e. The van der Waals surface area contributed by atoms with Crippen LogP contribution in [0.25, 0.3) is 6.08 Å². The summed E-state index contributed by atoms with van der Waals surface area (Å²) < 4.78 is 24.7. The number of carbonyl (C=O) groups excluding carboxylic acids is 1. The molecule has 0 fully saturated rings. The maximum absolute atomic E-state index is 13.1. The van der Waals surface area contributed by atoms with Crippen LogP contribution in [0, 0.1) is 17.1 Å². The first-order valence-electron chi connectivity index (χ1n) is 10.7. The minimum atomic E-state index is -0.322. The van der Waals surface area contributed by atoms with Gasteiger partial charge in [-0.25, -0.2) is 4.39 Å². The van der Waals surface area contributed by atoms with Crippen molar-refractivity contribution in [2.75, 3.05) is 18.1 Å². The van der Waals surface area contributed by atoms with Crippen LogP contribution in [0.1, 0.15) is 23.6 Å². The van der Waals surface area contributed by atoms with Crippen LogP contribution < -0.4 is 14.4 Å². The third kappa shape index (κ3) is 5.04. The van der Waals surface area contributed by atoms with Gasteiger partial charge in [0, 0.05) is 12.2 Å². The van der Waals surface area contributed by atoms with Gasteiger partial charge in [0.1, 0.15) is 24.1 Å². The van der Waals surface area contributed by atoms with Crippen molar-refractivity contribution in [2.24, 2.45) is 0 Å². The van der Waals surface area contributed by atoms with Gasteiger partial charge in [-0.15, -0.1) is 0 Å². The summed E-state index contributed by atoms with van der Waals surface area (Å²) >= 11 is 0. The lowest BCUT2D eigenvalue weighted by atomic mass is 10.1. The Kier molecular flexibility index (Phi) is 6.70. The Morgan fingerprint density at radius 1 is 1.09 bits per heavy atom. The highest BCUT2D eigenvalue weighted by Gasteiger charge is 2.26. The molecule has 0 unspecified atom stereocenters. The molecule has 1 aliphatic heterocycles. The molecule has 3 aromatic rings. The van der Waals surface area contributed by atoms with E-state index < -0.39 is 0 Å². The Balaban J connectivity index is 1.55. The number of fused-ring (bicyclic) bond motifs is 1. The molecule has 4 rings (SSSR count). The van der Waals surface area contributed by atoms with Crippen LogP contribution in [0.4, 0.5) is 10.1 Å². The molecule has 1 aliphatic rings. The smallest absolute Gasteiger partial charge is 0.268 e. The van der Waals surface area contributed by atoms with Crippen LogP contribution in [-0.4, -0.2) is 19.1 Å². The minimum Gasteiger partial charge on any atom is -0.490 e. The largest absolute Gasteiger partial charge is 0.490 e. The molecule has 0 aliphatic carbocycles. The Hall–Kier alpha value is -4.11. The molecule has 0 spiro atoms. The lowest BCUT2D eigenvalue weighted by Gasteiger charge is -2.17. The van der Waals surface area contributed by atoms with Crippen molar-refractivity contribution in [3.63, 3.8) is 0 Å². The monoisotopic (exact) mass is 442 g/mol. The zero-order chi connectivity index (χ0) is 23.2. The van der Waals surface area contributed by atoms with Gasteiger partial charge >= 0.3 is 0 Å². The van der Waals surface area contributed by atoms with E-state index in [4.69, 9.17) is 9.47 Å². The predicted octanol–water partition coefficient (Wildman–Crippen LogP) is 5.30. The van der Waals surface area contributed by atoms with E-state index in [-0.39, 0.29) is 23.9 Å². The third-order valence-corrected chi connectivity index (χ3v) is 5.37. The summed E-state index contributed by atoms with van der Waals surface area (Å²) in [6, 6.07) is 21.1. The zero-order valence-electron chi connectivity index (χ0n) is 18.3. The van der Waals surface area contributed by atoms with Gasteiger partial charge in [-0.05, 0) is 66.4 Å². The van der Waals surface area contributed by atoms with E-state index in [9.17, 15) is 14.4 Å². The Morgan fingerprint density at radius 2 is 1.88 bits per heavy atom. The first-order chi connectivity index (χ1) is 16.1. The molecule has 0 saturated carbocycles. The molecular formula is C27H23FN2O3. The average molecular weight is 442 g/mol. The van der Waals surface area contributed by atoms with Crippen molar-refractivity contribution in [1.29, 1.82) is 5.26 Å². The predicted molar refractivity (Wildman–Crippen MR) is 124 cm³/mol. The third-order valence-electron chi connectivity index (χ3n) is 5.37. The summed E-state index contributed by atoms with van der Waals surface area (Å²) in [5.41, 5.74) is 3.48. The number of benzene rings is 3. The van der Waals surface area contributed by atoms with Gasteiger partial charge in [0.05, 0.1) is 6.61 Å². The molecule has 3 aromatic carbocycles. The number of hydrogen-bond donors (Lipinski definition) is 0. The van der Waals surface area contributed by atoms with Crippen molar-refractivity contribution in [3.05, 3.63) is 94.8 Å². The zero-order valence-corrected chi connectivity index (χ0v) is 18.3. The molecule has 0 bridgehead atoms. The normalized spacial score (nSPS) is 12.8. The quantitative estimate of drug-likeness (QED) is 0.368. The second-order valence-electron chi connectivity index (χ2n) is 7.56. The molecule has 0 aromatic heterocycles. The van der Waals surface area contributed by atoms with Crippen LogP contribution in [0.15, 0.2) is 72.3 Å². The summed E-state index contributed by atoms with van der Waals surface area (Å²) in [5.74, 6) is 0.406. The van der Waals surface area contributed by atoms with Gasteiger partial charge in [0.25, 0.3) is 5.91 Å². The molecule has 1 amide bonds. The highest BCUT2D eigenvalue weighted by Crippen LogP contribution is 2.32. The number of amides is 1. The second-order valence-corrected chi connectivity index (χ2v) is 7.56. The first kappa shape index (κ1) is 22.1. The Morgan fingerprint density at radius 3 is 2.64 bits per heavy atom. The van der Waals surface area contributed by atoms with Crippen LogP contribution >= 0.6 is 0 Å². The summed E-state index contributed by atoms with van der Waals surface area (Å²) in [7, 11) is 0. The Bertz CT molecular complexity index is 1230. The molecule has 0 N–H and O–H groups in total. The summed E-state index contributed by atoms with van der Waals surface area (Å²) in [6.07, 6.45) is 2.34. The minimum absolute atomic E-state index is 0.0501. The topological polar surface area (TPSA) is 62.6 Å². The molecule has 0 radical (unpaired) electrons. The van der Waals surface area contributed by atoms with Gasteiger partial charge in [-0.3, -0.25) is 4.79 Å². The fourth-order valence-corrected chi connectivity index (χ4v) is 3.75. The number of nitrogens with zero attached hydrogens (tertiary/aromatic N) is 2. The standard InChI is InChI=1S/C27H23FN2O3/c1-2-32-26-16-20(9-12-25(26)33-18-19-7-10-23(28)11-8-19)15-22(17-29)27(31)30-14-13-21-5-3-4-6-24(21)30/h3-12,15-16H,2,13-14,18H2,1H3/b22-15+. The molecule has 166 valence electrons. The maximum atomic E-state index is 13.1. The highest BCUT2D eigenvalue weighted by atomic mass is 19.1. The first-order valence-corrected chi connectivity index (χ1v) is 10.7. The van der Waals surface area contributed by atoms with Gasteiger partial charge < -0.3 is 14.4 Å². The lowest BCUT2D eigenvalue weighted by molar-refractivity contribution is -0.114. The van der Waals surface area contributed by atoms with Crippen molar-refractivity contribution in [2.45, 2.75) is 20.0 Å². The van der Waals surface area contributed by atoms with Crippen LogP contribution in [0.3, 0.4) is 0 Å². The van der Waals surface area contributed by atoms with Gasteiger partial charge in [-0.1, -0.05) is 36.4 Å². The summed E-state index contributed by atoms with van der Waals surface area (Å²) in [4.78, 5) is 14.7. The highest BCUT2D eigenvalue weighted by molar-refractivity contribution is 6.12. The molecule has 1 heterocycles. The molecule has 0 saturated heterocycles. The van der Waals surface area contributed by atoms with E-state index in [1.165, 1.54) is 12.1 Å². The van der Waals surface area contributed by atoms with Crippen molar-refractivity contribution < 1.29 is 18.7 Å². The molecule has 5 nitrogen and oxygen atoms in total. The van der Waals surface area contributed by atoms with Crippen molar-refractivity contribution >= 4 is 17.7 Å². The fraction of sp³-hybridized carbons (Fsp3) is 0.185. The van der Waals surface area contributed by atoms with Gasteiger partial charge in [0.15, 0.2) is 11.5 Å². The number of hydrogen-bond acceptors (Lipinski definition) is 4. The van der Waals surface area contributed by atoms with E-state index in [0.29, 0.717) is 30.2 Å². The van der Waals surface area contributed by atoms with E-state index in [0.717, 1.165) is 23.2 Å². The van der Waals surface area contributed by atoms with Crippen molar-refractivity contribution in [3.8, 4) is 17.6 Å². The van der Waals surface area contributed by atoms with Crippen LogP contribution in [0.5, 0.6) is 11.5 Å². The van der Waals surface area contributed by atoms with E-state index in [1.54, 1.807) is 41.3 Å². The van der Waals surface area contributed by atoms with Gasteiger partial charge in [-0.2, -0.15) is 5.26 Å². The fourth-order valence-electron chi connectivity index (χ4n) is 3.75. The van der Waals surface area contributed by atoms with Crippen LogP contribution in [-0.2, 0) is 17.8 Å². The lowest BCUT2D eigenvalue weighted by Crippen LogP contribution is -2.29. The summed E-state index contributed by atoms with van der Waals surface area (Å²) in [5, 5.41) is 9.67. The number of halogens is 1. The summed E-state index contributed by atoms with van der Waals surface area (Å²) in [6.45, 7) is 3.10. The average Bonchev–Trinajstić information content (AvgIpc) is 3.27. The van der Waals surface area contributed by atoms with Crippen LogP contribution in [0.2, 0.25) is 0 Å². The van der Waals surface area contributed by atoms with E-state index in [2.05, 4.69) is 0 Å². The number of rotatable bonds is 7. The van der Waals surface area contributed by atoms with E-state index >= 15 is 0 Å². The SMILES string of the molecule is CCOc1cc(/C=C(\C#N)C(=O)N2CCc3ccccc32)ccc1OCc1ccc(F)cc1. The number of nitriles is 1. The second kappa shape index (κ2) is 10.0. The molecule has 6 heteroatoms. The Labute approximate surface area is 192 Å². The van der Waals surface area contributed by atoms with Crippen molar-refractivity contribution in [1.82, 2.24) is 0 Å². The molecule has 0 atom stereocenters. The van der Waals surface area contributed by atoms with Gasteiger partial charge in [0.2, 0.25) is 0 Å². The molecule has 33 heavy (non-hydrogen) atoms. The number of para-hydroxylation sites is 1. The number of anilines is 1. The number of ether oxygens (including phenoxy) is 2. The molecular weight excluding hydrogens is 419 g/mol. The number of carbonyl (C=O) groups is 1. The van der Waals surface area contributed by atoms with E-state index in [1.807, 2.05) is 37.3 Å².